The Morgan fingerprint density at radius 2 is 1.52 bits per heavy atom. The molecule has 4 rings (SSSR count). The highest BCUT2D eigenvalue weighted by atomic mass is 79.9. The van der Waals surface area contributed by atoms with E-state index in [9.17, 15) is 9.90 Å². The zero-order valence-electron chi connectivity index (χ0n) is 14.2. The van der Waals surface area contributed by atoms with Gasteiger partial charge in [-0.3, -0.25) is 4.79 Å². The number of carbonyl (C=O) groups excluding carboxylic acids is 1. The third kappa shape index (κ3) is 3.20. The molecule has 1 heterocycles. The van der Waals surface area contributed by atoms with Crippen LogP contribution in [0.5, 0.6) is 0 Å². The highest BCUT2D eigenvalue weighted by Gasteiger charge is 2.54. The molecule has 0 aromatic heterocycles. The fraction of sp³-hybridized carbons (Fsp3) is 0.0909. The Morgan fingerprint density at radius 1 is 0.926 bits per heavy atom. The average Bonchev–Trinajstić information content (AvgIpc) is 3.08. The van der Waals surface area contributed by atoms with E-state index in [1.54, 1.807) is 24.3 Å². The molecule has 1 aliphatic rings. The molecule has 4 nitrogen and oxygen atoms in total. The first-order valence-electron chi connectivity index (χ1n) is 8.49. The topological polar surface area (TPSA) is 58.9 Å². The van der Waals surface area contributed by atoms with E-state index in [2.05, 4.69) is 21.1 Å². The van der Waals surface area contributed by atoms with Crippen LogP contribution in [0.2, 0.25) is 0 Å². The summed E-state index contributed by atoms with van der Waals surface area (Å²) in [6, 6.07) is 25.6. The van der Waals surface area contributed by atoms with E-state index in [1.807, 2.05) is 60.7 Å². The van der Waals surface area contributed by atoms with Crippen LogP contribution in [0, 0.1) is 0 Å². The largest absolute Gasteiger partial charge is 0.350 e. The Balaban J connectivity index is 1.80. The highest BCUT2D eigenvalue weighted by molar-refractivity contribution is 9.10. The van der Waals surface area contributed by atoms with E-state index in [1.165, 1.54) is 0 Å². The first kappa shape index (κ1) is 17.6. The van der Waals surface area contributed by atoms with Crippen molar-refractivity contribution in [3.63, 3.8) is 0 Å². The van der Waals surface area contributed by atoms with Crippen LogP contribution in [0.4, 0.5) is 0 Å². The number of hydrogen-bond acceptors (Lipinski definition) is 4. The molecule has 0 radical (unpaired) electrons. The predicted octanol–water partition coefficient (Wildman–Crippen LogP) is 4.54. The van der Waals surface area contributed by atoms with Crippen molar-refractivity contribution < 1.29 is 14.7 Å². The van der Waals surface area contributed by atoms with E-state index >= 15 is 0 Å². The van der Waals surface area contributed by atoms with Crippen LogP contribution in [0.3, 0.4) is 0 Å². The minimum absolute atomic E-state index is 0.353. The SMILES string of the molecule is O=C(c1ccc(Br)cc1)[C@@]1(O)ON=C(c2ccccc2)[C@@H]1c1ccccc1. The molecular weight excluding hydrogens is 406 g/mol. The second kappa shape index (κ2) is 7.10. The lowest BCUT2D eigenvalue weighted by Gasteiger charge is -2.27. The van der Waals surface area contributed by atoms with Crippen molar-refractivity contribution in [2.24, 2.45) is 5.16 Å². The van der Waals surface area contributed by atoms with Crippen LogP contribution < -0.4 is 0 Å². The van der Waals surface area contributed by atoms with Gasteiger partial charge in [0.2, 0.25) is 5.78 Å². The fourth-order valence-corrected chi connectivity index (χ4v) is 3.51. The summed E-state index contributed by atoms with van der Waals surface area (Å²) in [5.41, 5.74) is 2.43. The second-order valence-electron chi connectivity index (χ2n) is 6.31. The predicted molar refractivity (Wildman–Crippen MR) is 107 cm³/mol. The van der Waals surface area contributed by atoms with E-state index in [0.29, 0.717) is 11.3 Å². The molecule has 0 aliphatic carbocycles. The van der Waals surface area contributed by atoms with Gasteiger partial charge in [0, 0.05) is 15.6 Å². The molecule has 0 fully saturated rings. The zero-order valence-corrected chi connectivity index (χ0v) is 15.8. The summed E-state index contributed by atoms with van der Waals surface area (Å²) < 4.78 is 0.846. The second-order valence-corrected chi connectivity index (χ2v) is 7.23. The average molecular weight is 422 g/mol. The molecule has 0 spiro atoms. The Hall–Kier alpha value is -2.76. The van der Waals surface area contributed by atoms with Crippen molar-refractivity contribution in [1.82, 2.24) is 0 Å². The summed E-state index contributed by atoms with van der Waals surface area (Å²) in [6.45, 7) is 0. The van der Waals surface area contributed by atoms with Crippen LogP contribution in [-0.4, -0.2) is 22.4 Å². The number of carbonyl (C=O) groups is 1. The number of rotatable bonds is 4. The number of hydrogen-bond donors (Lipinski definition) is 1. The summed E-state index contributed by atoms with van der Waals surface area (Å²) in [5.74, 6) is -3.38. The van der Waals surface area contributed by atoms with Gasteiger partial charge < -0.3 is 9.94 Å². The molecule has 2 atom stereocenters. The van der Waals surface area contributed by atoms with Crippen molar-refractivity contribution >= 4 is 27.4 Å². The minimum Gasteiger partial charge on any atom is -0.350 e. The van der Waals surface area contributed by atoms with Gasteiger partial charge in [0.15, 0.2) is 0 Å². The van der Waals surface area contributed by atoms with E-state index in [0.717, 1.165) is 15.6 Å². The van der Waals surface area contributed by atoms with E-state index < -0.39 is 17.5 Å². The van der Waals surface area contributed by atoms with Crippen molar-refractivity contribution in [2.45, 2.75) is 11.7 Å². The van der Waals surface area contributed by atoms with Crippen LogP contribution in [0.25, 0.3) is 0 Å². The third-order valence-electron chi connectivity index (χ3n) is 4.58. The van der Waals surface area contributed by atoms with E-state index in [-0.39, 0.29) is 0 Å². The maximum atomic E-state index is 13.2. The first-order valence-corrected chi connectivity index (χ1v) is 9.28. The summed E-state index contributed by atoms with van der Waals surface area (Å²) in [5, 5.41) is 15.4. The van der Waals surface area contributed by atoms with Crippen molar-refractivity contribution in [3.8, 4) is 0 Å². The van der Waals surface area contributed by atoms with Gasteiger partial charge in [-0.05, 0) is 17.7 Å². The number of aliphatic hydroxyl groups is 1. The minimum atomic E-state index is -2.11. The molecule has 3 aromatic carbocycles. The normalized spacial score (nSPS) is 21.4. The lowest BCUT2D eigenvalue weighted by molar-refractivity contribution is -0.155. The van der Waals surface area contributed by atoms with Gasteiger partial charge in [0.1, 0.15) is 11.6 Å². The summed E-state index contributed by atoms with van der Waals surface area (Å²) in [6.07, 6.45) is 0. The van der Waals surface area contributed by atoms with Gasteiger partial charge in [0.05, 0.1) is 0 Å². The molecule has 1 N–H and O–H groups in total. The van der Waals surface area contributed by atoms with Crippen molar-refractivity contribution in [2.75, 3.05) is 0 Å². The Bertz CT molecular complexity index is 987. The van der Waals surface area contributed by atoms with Crippen LogP contribution >= 0.6 is 15.9 Å². The van der Waals surface area contributed by atoms with Gasteiger partial charge >= 0.3 is 5.79 Å². The van der Waals surface area contributed by atoms with Crippen LogP contribution in [0.15, 0.2) is 94.6 Å². The standard InChI is InChI=1S/C22H16BrNO3/c23-18-13-11-17(12-14-18)21(25)22(26)19(15-7-3-1-4-8-15)20(24-27-22)16-9-5-2-6-10-16/h1-14,19,26H/t19-,22-/m0/s1. The molecule has 0 bridgehead atoms. The number of Topliss-reactive ketones (excluding diaryl/α,β-unsaturated/α-hetero) is 1. The van der Waals surface area contributed by atoms with Gasteiger partial charge in [-0.2, -0.15) is 0 Å². The van der Waals surface area contributed by atoms with Gasteiger partial charge in [0.25, 0.3) is 0 Å². The summed E-state index contributed by atoms with van der Waals surface area (Å²) in [7, 11) is 0. The molecule has 134 valence electrons. The fourth-order valence-electron chi connectivity index (χ4n) is 3.25. The number of halogens is 1. The number of nitrogens with zero attached hydrogens (tertiary/aromatic N) is 1. The molecular formula is C22H16BrNO3. The van der Waals surface area contributed by atoms with Crippen molar-refractivity contribution in [1.29, 1.82) is 0 Å². The summed E-state index contributed by atoms with van der Waals surface area (Å²) in [4.78, 5) is 18.6. The first-order chi connectivity index (χ1) is 13.1. The lowest BCUT2D eigenvalue weighted by atomic mass is 9.80. The smallest absolute Gasteiger partial charge is 0.310 e. The van der Waals surface area contributed by atoms with Crippen LogP contribution in [-0.2, 0) is 4.84 Å². The van der Waals surface area contributed by atoms with E-state index in [4.69, 9.17) is 4.84 Å². The Labute approximate surface area is 165 Å². The Kier molecular flexibility index (Phi) is 4.64. The summed E-state index contributed by atoms with van der Waals surface area (Å²) >= 11 is 3.35. The zero-order chi connectivity index (χ0) is 18.9. The maximum Gasteiger partial charge on any atom is 0.310 e. The van der Waals surface area contributed by atoms with Gasteiger partial charge in [-0.15, -0.1) is 0 Å². The maximum absolute atomic E-state index is 13.2. The third-order valence-corrected chi connectivity index (χ3v) is 5.11. The van der Waals surface area contributed by atoms with Crippen LogP contribution in [0.1, 0.15) is 27.4 Å². The molecule has 3 aromatic rings. The van der Waals surface area contributed by atoms with Crippen molar-refractivity contribution in [3.05, 3.63) is 106 Å². The van der Waals surface area contributed by atoms with Gasteiger partial charge in [-0.1, -0.05) is 93.9 Å². The molecule has 27 heavy (non-hydrogen) atoms. The molecule has 0 unspecified atom stereocenters. The lowest BCUT2D eigenvalue weighted by Crippen LogP contribution is -2.45. The Morgan fingerprint density at radius 3 is 2.15 bits per heavy atom. The quantitative estimate of drug-likeness (QED) is 0.629. The molecule has 0 saturated heterocycles. The number of benzene rings is 3. The molecule has 0 saturated carbocycles. The van der Waals surface area contributed by atoms with Gasteiger partial charge in [-0.25, -0.2) is 0 Å². The number of ketones is 1. The molecule has 1 aliphatic heterocycles. The molecule has 0 amide bonds. The monoisotopic (exact) mass is 421 g/mol. The highest BCUT2D eigenvalue weighted by Crippen LogP contribution is 2.40. The number of oxime groups is 1. The molecule has 5 heteroatoms.